The molecule has 0 atom stereocenters. The van der Waals surface area contributed by atoms with Crippen molar-refractivity contribution in [2.45, 2.75) is 58.9 Å². The van der Waals surface area contributed by atoms with Gasteiger partial charge >= 0.3 is 0 Å². The van der Waals surface area contributed by atoms with Crippen molar-refractivity contribution in [3.05, 3.63) is 27.1 Å². The molecule has 7 nitrogen and oxygen atoms in total. The lowest BCUT2D eigenvalue weighted by Gasteiger charge is -2.30. The van der Waals surface area contributed by atoms with E-state index in [1.165, 1.54) is 22.2 Å². The molecule has 8 heteroatoms. The summed E-state index contributed by atoms with van der Waals surface area (Å²) >= 11 is 1.29. The molecular formula is C22H30N4O3S. The topological polar surface area (TPSA) is 75.5 Å². The maximum atomic E-state index is 13.1. The van der Waals surface area contributed by atoms with Gasteiger partial charge in [0.2, 0.25) is 5.91 Å². The van der Waals surface area contributed by atoms with Gasteiger partial charge < -0.3 is 9.80 Å². The Bertz CT molecular complexity index is 996. The largest absolute Gasteiger partial charge is 0.341 e. The van der Waals surface area contributed by atoms with E-state index < -0.39 is 0 Å². The Balaban J connectivity index is 1.58. The molecular weight excluding hydrogens is 400 g/mol. The van der Waals surface area contributed by atoms with Crippen LogP contribution in [0, 0.1) is 12.8 Å². The predicted octanol–water partition coefficient (Wildman–Crippen LogP) is 3.04. The van der Waals surface area contributed by atoms with Crippen molar-refractivity contribution in [1.82, 2.24) is 19.4 Å². The summed E-state index contributed by atoms with van der Waals surface area (Å²) < 4.78 is 1.39. The number of carbonyl (C=O) groups excluding carboxylic acids is 2. The molecule has 0 aromatic carbocycles. The number of hydrogen-bond acceptors (Lipinski definition) is 5. The number of likely N-dealkylation sites (tertiary alicyclic amines) is 2. The summed E-state index contributed by atoms with van der Waals surface area (Å²) in [5.74, 6) is 0.601. The molecule has 2 aromatic rings. The molecule has 0 unspecified atom stereocenters. The second-order valence-corrected chi connectivity index (χ2v) is 9.68. The van der Waals surface area contributed by atoms with Crippen LogP contribution in [0.25, 0.3) is 10.2 Å². The first-order valence-corrected chi connectivity index (χ1v) is 11.8. The lowest BCUT2D eigenvalue weighted by Crippen LogP contribution is -2.41. The second-order valence-electron chi connectivity index (χ2n) is 8.68. The van der Waals surface area contributed by atoms with Crippen molar-refractivity contribution in [1.29, 1.82) is 0 Å². The number of nitrogens with zero attached hydrogens (tertiary/aromatic N) is 4. The summed E-state index contributed by atoms with van der Waals surface area (Å²) in [5, 5.41) is 0.473. The van der Waals surface area contributed by atoms with Gasteiger partial charge in [-0.3, -0.25) is 19.0 Å². The van der Waals surface area contributed by atoms with Gasteiger partial charge in [0.1, 0.15) is 11.4 Å². The third-order valence-electron chi connectivity index (χ3n) is 6.45. The van der Waals surface area contributed by atoms with E-state index in [0.29, 0.717) is 26.6 Å². The maximum absolute atomic E-state index is 13.1. The highest BCUT2D eigenvalue weighted by molar-refractivity contribution is 7.20. The van der Waals surface area contributed by atoms with Crippen LogP contribution in [0.3, 0.4) is 0 Å². The summed E-state index contributed by atoms with van der Waals surface area (Å²) in [7, 11) is 0. The van der Waals surface area contributed by atoms with Crippen molar-refractivity contribution in [3.8, 4) is 0 Å². The van der Waals surface area contributed by atoms with E-state index in [4.69, 9.17) is 0 Å². The zero-order chi connectivity index (χ0) is 21.3. The highest BCUT2D eigenvalue weighted by atomic mass is 32.1. The molecule has 2 aliphatic rings. The summed E-state index contributed by atoms with van der Waals surface area (Å²) in [6.45, 7) is 7.06. The third kappa shape index (κ3) is 4.15. The SMILES string of the molecule is Cc1c(C(=O)N2CCCCCC2)sc2ncn(CC(=O)N3CCC(C)CC3)c(=O)c12. The predicted molar refractivity (Wildman–Crippen MR) is 118 cm³/mol. The fraction of sp³-hybridized carbons (Fsp3) is 0.636. The van der Waals surface area contributed by atoms with E-state index in [2.05, 4.69) is 11.9 Å². The van der Waals surface area contributed by atoms with Gasteiger partial charge in [0.05, 0.1) is 16.6 Å². The van der Waals surface area contributed by atoms with Gasteiger partial charge in [-0.15, -0.1) is 11.3 Å². The fourth-order valence-electron chi connectivity index (χ4n) is 4.40. The van der Waals surface area contributed by atoms with Crippen molar-refractivity contribution in [2.75, 3.05) is 26.2 Å². The first-order valence-electron chi connectivity index (χ1n) is 11.0. The third-order valence-corrected chi connectivity index (χ3v) is 7.63. The van der Waals surface area contributed by atoms with E-state index in [9.17, 15) is 14.4 Å². The first-order chi connectivity index (χ1) is 14.5. The van der Waals surface area contributed by atoms with E-state index >= 15 is 0 Å². The van der Waals surface area contributed by atoms with E-state index in [0.717, 1.165) is 64.7 Å². The highest BCUT2D eigenvalue weighted by Crippen LogP contribution is 2.28. The minimum Gasteiger partial charge on any atom is -0.341 e. The van der Waals surface area contributed by atoms with Crippen LogP contribution < -0.4 is 5.56 Å². The average Bonchev–Trinajstić information content (AvgIpc) is 2.91. The number of piperidine rings is 1. The van der Waals surface area contributed by atoms with Gasteiger partial charge in [0.15, 0.2) is 0 Å². The second kappa shape index (κ2) is 8.88. The average molecular weight is 431 g/mol. The van der Waals surface area contributed by atoms with Gasteiger partial charge in [-0.05, 0) is 44.1 Å². The molecule has 0 N–H and O–H groups in total. The molecule has 2 aromatic heterocycles. The van der Waals surface area contributed by atoms with Crippen molar-refractivity contribution in [3.63, 3.8) is 0 Å². The minimum absolute atomic E-state index is 0.000839. The van der Waals surface area contributed by atoms with Crippen LogP contribution in [-0.2, 0) is 11.3 Å². The van der Waals surface area contributed by atoms with E-state index in [1.807, 2.05) is 16.7 Å². The van der Waals surface area contributed by atoms with Crippen molar-refractivity contribution in [2.24, 2.45) is 5.92 Å². The molecule has 4 heterocycles. The van der Waals surface area contributed by atoms with Gasteiger partial charge in [-0.2, -0.15) is 0 Å². The summed E-state index contributed by atoms with van der Waals surface area (Å²) in [4.78, 5) is 48.2. The number of thiophene rings is 1. The zero-order valence-electron chi connectivity index (χ0n) is 17.9. The highest BCUT2D eigenvalue weighted by Gasteiger charge is 2.25. The molecule has 2 amide bonds. The van der Waals surface area contributed by atoms with Crippen LogP contribution in [0.4, 0.5) is 0 Å². The molecule has 4 rings (SSSR count). The lowest BCUT2D eigenvalue weighted by atomic mass is 9.99. The monoisotopic (exact) mass is 430 g/mol. The molecule has 2 fully saturated rings. The molecule has 0 radical (unpaired) electrons. The van der Waals surface area contributed by atoms with Crippen LogP contribution in [0.15, 0.2) is 11.1 Å². The maximum Gasteiger partial charge on any atom is 0.264 e. The van der Waals surface area contributed by atoms with Gasteiger partial charge in [0, 0.05) is 26.2 Å². The van der Waals surface area contributed by atoms with Crippen LogP contribution >= 0.6 is 11.3 Å². The summed E-state index contributed by atoms with van der Waals surface area (Å²) in [6.07, 6.45) is 7.82. The Kier molecular flexibility index (Phi) is 6.22. The first kappa shape index (κ1) is 21.0. The number of aromatic nitrogens is 2. The Hall–Kier alpha value is -2.22. The zero-order valence-corrected chi connectivity index (χ0v) is 18.7. The van der Waals surface area contributed by atoms with Crippen LogP contribution in [0.2, 0.25) is 0 Å². The molecule has 2 aliphatic heterocycles. The number of hydrogen-bond donors (Lipinski definition) is 0. The van der Waals surface area contributed by atoms with E-state index in [-0.39, 0.29) is 23.9 Å². The van der Waals surface area contributed by atoms with Crippen LogP contribution in [0.1, 0.15) is 60.7 Å². The molecule has 0 bridgehead atoms. The number of carbonyl (C=O) groups is 2. The molecule has 162 valence electrons. The quantitative estimate of drug-likeness (QED) is 0.750. The summed E-state index contributed by atoms with van der Waals surface area (Å²) in [6, 6.07) is 0. The minimum atomic E-state index is -0.234. The van der Waals surface area contributed by atoms with Crippen LogP contribution in [0.5, 0.6) is 0 Å². The molecule has 0 aliphatic carbocycles. The molecule has 0 saturated carbocycles. The van der Waals surface area contributed by atoms with Crippen molar-refractivity contribution < 1.29 is 9.59 Å². The summed E-state index contributed by atoms with van der Waals surface area (Å²) in [5.41, 5.74) is 0.456. The molecule has 2 saturated heterocycles. The fourth-order valence-corrected chi connectivity index (χ4v) is 5.50. The van der Waals surface area contributed by atoms with Crippen molar-refractivity contribution >= 4 is 33.4 Å². The lowest BCUT2D eigenvalue weighted by molar-refractivity contribution is -0.133. The normalized spacial score (nSPS) is 18.6. The van der Waals surface area contributed by atoms with Gasteiger partial charge in [-0.1, -0.05) is 19.8 Å². The Morgan fingerprint density at radius 3 is 2.40 bits per heavy atom. The number of fused-ring (bicyclic) bond motifs is 1. The van der Waals surface area contributed by atoms with E-state index in [1.54, 1.807) is 0 Å². The number of aryl methyl sites for hydroxylation is 1. The molecule has 0 spiro atoms. The molecule has 30 heavy (non-hydrogen) atoms. The van der Waals surface area contributed by atoms with Crippen LogP contribution in [-0.4, -0.2) is 57.3 Å². The number of amides is 2. The Labute approximate surface area is 180 Å². The standard InChI is InChI=1S/C22H30N4O3S/c1-15-7-11-24(12-8-15)17(27)13-26-14-23-20-18(21(26)28)16(2)19(30-20)22(29)25-9-5-3-4-6-10-25/h14-15H,3-13H2,1-2H3. The van der Waals surface area contributed by atoms with Gasteiger partial charge in [0.25, 0.3) is 11.5 Å². The Morgan fingerprint density at radius 2 is 1.73 bits per heavy atom. The Morgan fingerprint density at radius 1 is 1.07 bits per heavy atom. The smallest absolute Gasteiger partial charge is 0.264 e. The number of rotatable bonds is 3. The van der Waals surface area contributed by atoms with Gasteiger partial charge in [-0.25, -0.2) is 4.98 Å².